The maximum absolute atomic E-state index is 11.3. The van der Waals surface area contributed by atoms with Gasteiger partial charge in [0.15, 0.2) is 0 Å². The molecule has 0 bridgehead atoms. The van der Waals surface area contributed by atoms with Gasteiger partial charge in [-0.2, -0.15) is 0 Å². The van der Waals surface area contributed by atoms with Crippen molar-refractivity contribution >= 4 is 5.97 Å². The lowest BCUT2D eigenvalue weighted by Crippen LogP contribution is -2.25. The molecule has 17 heavy (non-hydrogen) atoms. The van der Waals surface area contributed by atoms with Crippen molar-refractivity contribution in [3.8, 4) is 0 Å². The van der Waals surface area contributed by atoms with E-state index in [0.29, 0.717) is 6.42 Å². The van der Waals surface area contributed by atoms with Crippen LogP contribution in [0.3, 0.4) is 0 Å². The third-order valence-electron chi connectivity index (χ3n) is 3.51. The van der Waals surface area contributed by atoms with Crippen molar-refractivity contribution in [3.63, 3.8) is 0 Å². The Morgan fingerprint density at radius 3 is 2.12 bits per heavy atom. The van der Waals surface area contributed by atoms with Crippen LogP contribution in [0.2, 0.25) is 0 Å². The summed E-state index contributed by atoms with van der Waals surface area (Å²) in [6, 6.07) is 8.16. The Hall–Kier alpha value is -1.31. The number of carbonyl (C=O) groups is 1. The molecule has 0 heterocycles. The summed E-state index contributed by atoms with van der Waals surface area (Å²) in [6.07, 6.45) is 2.50. The predicted octanol–water partition coefficient (Wildman–Crippen LogP) is 3.67. The molecular formula is C15H22O2. The highest BCUT2D eigenvalue weighted by atomic mass is 16.4. The lowest BCUT2D eigenvalue weighted by molar-refractivity contribution is -0.143. The van der Waals surface area contributed by atoms with Crippen LogP contribution in [0.15, 0.2) is 24.3 Å². The van der Waals surface area contributed by atoms with Crippen LogP contribution in [0.1, 0.15) is 37.8 Å². The van der Waals surface area contributed by atoms with Crippen LogP contribution in [0.5, 0.6) is 0 Å². The Labute approximate surface area is 104 Å². The molecule has 2 nitrogen and oxygen atoms in total. The zero-order valence-corrected chi connectivity index (χ0v) is 10.9. The summed E-state index contributed by atoms with van der Waals surface area (Å²) in [4.78, 5) is 11.3. The lowest BCUT2D eigenvalue weighted by Gasteiger charge is -2.21. The van der Waals surface area contributed by atoms with E-state index >= 15 is 0 Å². The molecule has 0 aliphatic rings. The maximum Gasteiger partial charge on any atom is 0.307 e. The van der Waals surface area contributed by atoms with E-state index in [9.17, 15) is 9.90 Å². The van der Waals surface area contributed by atoms with Crippen LogP contribution in [0.4, 0.5) is 0 Å². The maximum atomic E-state index is 11.3. The van der Waals surface area contributed by atoms with Crippen molar-refractivity contribution in [3.05, 3.63) is 35.4 Å². The van der Waals surface area contributed by atoms with Crippen LogP contribution in [0.25, 0.3) is 0 Å². The normalized spacial score (nSPS) is 12.7. The summed E-state index contributed by atoms with van der Waals surface area (Å²) in [6.45, 7) is 6.18. The fourth-order valence-electron chi connectivity index (χ4n) is 2.29. The van der Waals surface area contributed by atoms with Gasteiger partial charge in [0.25, 0.3) is 0 Å². The first-order chi connectivity index (χ1) is 8.08. The van der Waals surface area contributed by atoms with Gasteiger partial charge in [-0.05, 0) is 24.8 Å². The van der Waals surface area contributed by atoms with E-state index in [4.69, 9.17) is 0 Å². The van der Waals surface area contributed by atoms with Crippen molar-refractivity contribution in [1.82, 2.24) is 0 Å². The second-order valence-electron chi connectivity index (χ2n) is 4.71. The van der Waals surface area contributed by atoms with Gasteiger partial charge in [0, 0.05) is 0 Å². The second-order valence-corrected chi connectivity index (χ2v) is 4.71. The molecule has 1 N–H and O–H groups in total. The van der Waals surface area contributed by atoms with E-state index < -0.39 is 5.97 Å². The van der Waals surface area contributed by atoms with Gasteiger partial charge in [-0.25, -0.2) is 0 Å². The molecule has 1 rings (SSSR count). The number of hydrogen-bond acceptors (Lipinski definition) is 1. The number of carboxylic acid groups (broad SMARTS) is 1. The van der Waals surface area contributed by atoms with Crippen LogP contribution in [-0.2, 0) is 11.2 Å². The van der Waals surface area contributed by atoms with Gasteiger partial charge >= 0.3 is 5.97 Å². The summed E-state index contributed by atoms with van der Waals surface area (Å²) in [5.41, 5.74) is 2.33. The fourth-order valence-corrected chi connectivity index (χ4v) is 2.29. The minimum absolute atomic E-state index is 0.257. The molecule has 0 spiro atoms. The van der Waals surface area contributed by atoms with Gasteiger partial charge in [-0.15, -0.1) is 0 Å². The molecule has 94 valence electrons. The Morgan fingerprint density at radius 2 is 1.71 bits per heavy atom. The molecule has 0 aliphatic carbocycles. The Morgan fingerprint density at radius 1 is 1.18 bits per heavy atom. The molecule has 1 aromatic carbocycles. The highest BCUT2D eigenvalue weighted by Crippen LogP contribution is 2.24. The van der Waals surface area contributed by atoms with Crippen molar-refractivity contribution < 1.29 is 9.90 Å². The van der Waals surface area contributed by atoms with E-state index in [1.807, 2.05) is 31.2 Å². The third kappa shape index (κ3) is 3.88. The Bertz CT molecular complexity index is 350. The number of aryl methyl sites for hydroxylation is 1. The molecule has 0 aromatic heterocycles. The predicted molar refractivity (Wildman–Crippen MR) is 70.1 cm³/mol. The summed E-state index contributed by atoms with van der Waals surface area (Å²) in [7, 11) is 0. The third-order valence-corrected chi connectivity index (χ3v) is 3.51. The van der Waals surface area contributed by atoms with Crippen molar-refractivity contribution in [2.75, 3.05) is 0 Å². The topological polar surface area (TPSA) is 37.3 Å². The van der Waals surface area contributed by atoms with Gasteiger partial charge in [0.05, 0.1) is 5.92 Å². The molecule has 1 atom stereocenters. The smallest absolute Gasteiger partial charge is 0.307 e. The van der Waals surface area contributed by atoms with Gasteiger partial charge in [-0.3, -0.25) is 4.79 Å². The molecule has 1 unspecified atom stereocenters. The van der Waals surface area contributed by atoms with E-state index in [2.05, 4.69) is 13.8 Å². The number of hydrogen-bond donors (Lipinski definition) is 1. The van der Waals surface area contributed by atoms with Gasteiger partial charge in [0.1, 0.15) is 0 Å². The molecular weight excluding hydrogens is 212 g/mol. The average molecular weight is 234 g/mol. The standard InChI is InChI=1S/C15H22O2/c1-4-13(5-2)14(15(16)17)10-12-8-6-11(3)7-9-12/h6-9,13-14H,4-5,10H2,1-3H3,(H,16,17). The molecule has 0 radical (unpaired) electrons. The zero-order chi connectivity index (χ0) is 12.8. The summed E-state index contributed by atoms with van der Waals surface area (Å²) >= 11 is 0. The largest absolute Gasteiger partial charge is 0.481 e. The number of rotatable bonds is 6. The first-order valence-corrected chi connectivity index (χ1v) is 6.36. The van der Waals surface area contributed by atoms with Crippen LogP contribution in [-0.4, -0.2) is 11.1 Å². The van der Waals surface area contributed by atoms with Crippen molar-refractivity contribution in [2.45, 2.75) is 40.0 Å². The van der Waals surface area contributed by atoms with Crippen LogP contribution < -0.4 is 0 Å². The quantitative estimate of drug-likeness (QED) is 0.815. The summed E-state index contributed by atoms with van der Waals surface area (Å²) < 4.78 is 0. The molecule has 1 aromatic rings. The summed E-state index contributed by atoms with van der Waals surface area (Å²) in [5.74, 6) is -0.652. The Balaban J connectivity index is 2.79. The first kappa shape index (κ1) is 13.8. The molecule has 0 fully saturated rings. The van der Waals surface area contributed by atoms with Crippen molar-refractivity contribution in [1.29, 1.82) is 0 Å². The van der Waals surface area contributed by atoms with Gasteiger partial charge in [0.2, 0.25) is 0 Å². The highest BCUT2D eigenvalue weighted by molar-refractivity contribution is 5.70. The van der Waals surface area contributed by atoms with E-state index in [1.54, 1.807) is 0 Å². The second kappa shape index (κ2) is 6.43. The molecule has 0 amide bonds. The first-order valence-electron chi connectivity index (χ1n) is 6.36. The lowest BCUT2D eigenvalue weighted by atomic mass is 9.83. The summed E-state index contributed by atoms with van der Waals surface area (Å²) in [5, 5.41) is 9.32. The van der Waals surface area contributed by atoms with Crippen molar-refractivity contribution in [2.24, 2.45) is 11.8 Å². The van der Waals surface area contributed by atoms with Gasteiger partial charge in [-0.1, -0.05) is 56.5 Å². The monoisotopic (exact) mass is 234 g/mol. The van der Waals surface area contributed by atoms with Crippen LogP contribution >= 0.6 is 0 Å². The van der Waals surface area contributed by atoms with E-state index in [0.717, 1.165) is 18.4 Å². The van der Waals surface area contributed by atoms with E-state index in [1.165, 1.54) is 5.56 Å². The molecule has 0 saturated carbocycles. The minimum Gasteiger partial charge on any atom is -0.481 e. The van der Waals surface area contributed by atoms with Gasteiger partial charge < -0.3 is 5.11 Å². The SMILES string of the molecule is CCC(CC)C(Cc1ccc(C)cc1)C(=O)O. The van der Waals surface area contributed by atoms with E-state index in [-0.39, 0.29) is 11.8 Å². The fraction of sp³-hybridized carbons (Fsp3) is 0.533. The highest BCUT2D eigenvalue weighted by Gasteiger charge is 2.25. The number of carboxylic acids is 1. The number of benzene rings is 1. The molecule has 0 saturated heterocycles. The molecule has 0 aliphatic heterocycles. The Kier molecular flexibility index (Phi) is 5.20. The zero-order valence-electron chi connectivity index (χ0n) is 10.9. The van der Waals surface area contributed by atoms with Crippen LogP contribution in [0, 0.1) is 18.8 Å². The number of aliphatic carboxylic acids is 1. The average Bonchev–Trinajstić information content (AvgIpc) is 2.31. The molecule has 2 heteroatoms. The minimum atomic E-state index is -0.667.